The first kappa shape index (κ1) is 14.1. The van der Waals surface area contributed by atoms with Crippen LogP contribution in [0.15, 0.2) is 24.3 Å². The summed E-state index contributed by atoms with van der Waals surface area (Å²) in [6, 6.07) is 8.64. The van der Waals surface area contributed by atoms with Gasteiger partial charge in [-0.3, -0.25) is 0 Å². The number of ether oxygens (including phenoxy) is 1. The van der Waals surface area contributed by atoms with Crippen molar-refractivity contribution in [3.05, 3.63) is 35.4 Å². The Labute approximate surface area is 122 Å². The molecule has 20 heavy (non-hydrogen) atoms. The van der Waals surface area contributed by atoms with Crippen LogP contribution in [0.1, 0.15) is 56.3 Å². The number of nitrogens with one attached hydrogen (secondary N) is 1. The van der Waals surface area contributed by atoms with Crippen LogP contribution in [0.4, 0.5) is 0 Å². The summed E-state index contributed by atoms with van der Waals surface area (Å²) in [5.41, 5.74) is 2.80. The fourth-order valence-electron chi connectivity index (χ4n) is 3.84. The van der Waals surface area contributed by atoms with E-state index in [9.17, 15) is 0 Å². The summed E-state index contributed by atoms with van der Waals surface area (Å²) < 4.78 is 6.61. The fraction of sp³-hybridized carbons (Fsp3) is 0.667. The van der Waals surface area contributed by atoms with Gasteiger partial charge in [0.2, 0.25) is 0 Å². The second-order valence-electron chi connectivity index (χ2n) is 6.63. The van der Waals surface area contributed by atoms with Crippen LogP contribution in [-0.2, 0) is 4.74 Å². The van der Waals surface area contributed by atoms with Gasteiger partial charge in [0.05, 0.1) is 11.7 Å². The van der Waals surface area contributed by atoms with Gasteiger partial charge in [0.15, 0.2) is 0 Å². The van der Waals surface area contributed by atoms with Gasteiger partial charge in [-0.05, 0) is 49.7 Å². The average Bonchev–Trinajstić information content (AvgIpc) is 2.49. The van der Waals surface area contributed by atoms with Crippen LogP contribution in [0.5, 0.6) is 0 Å². The lowest BCUT2D eigenvalue weighted by Gasteiger charge is -2.46. The Bertz CT molecular complexity index is 448. The third kappa shape index (κ3) is 2.77. The predicted molar refractivity (Wildman–Crippen MR) is 82.9 cm³/mol. The van der Waals surface area contributed by atoms with Crippen molar-refractivity contribution in [3.63, 3.8) is 0 Å². The Kier molecular flexibility index (Phi) is 4.13. The first-order chi connectivity index (χ1) is 9.72. The maximum atomic E-state index is 6.61. The van der Waals surface area contributed by atoms with E-state index in [-0.39, 0.29) is 11.7 Å². The molecule has 110 valence electrons. The van der Waals surface area contributed by atoms with E-state index in [0.717, 1.165) is 19.0 Å². The van der Waals surface area contributed by atoms with Gasteiger partial charge < -0.3 is 10.1 Å². The molecule has 0 amide bonds. The highest BCUT2D eigenvalue weighted by Crippen LogP contribution is 2.41. The molecule has 0 bridgehead atoms. The lowest BCUT2D eigenvalue weighted by molar-refractivity contribution is -0.141. The smallest absolute Gasteiger partial charge is 0.0959 e. The van der Waals surface area contributed by atoms with Gasteiger partial charge >= 0.3 is 0 Å². The van der Waals surface area contributed by atoms with E-state index < -0.39 is 0 Å². The molecule has 2 fully saturated rings. The molecule has 1 atom stereocenters. The van der Waals surface area contributed by atoms with Gasteiger partial charge in [0.25, 0.3) is 0 Å². The molecule has 1 N–H and O–H groups in total. The Hall–Kier alpha value is -0.860. The van der Waals surface area contributed by atoms with Gasteiger partial charge in [-0.15, -0.1) is 0 Å². The Morgan fingerprint density at radius 1 is 1.25 bits per heavy atom. The summed E-state index contributed by atoms with van der Waals surface area (Å²) in [7, 11) is 0. The second kappa shape index (κ2) is 5.87. The van der Waals surface area contributed by atoms with E-state index >= 15 is 0 Å². The van der Waals surface area contributed by atoms with E-state index in [0.29, 0.717) is 0 Å². The maximum Gasteiger partial charge on any atom is 0.0959 e. The van der Waals surface area contributed by atoms with Crippen LogP contribution in [0.3, 0.4) is 0 Å². The Morgan fingerprint density at radius 3 is 2.70 bits per heavy atom. The van der Waals surface area contributed by atoms with Gasteiger partial charge in [-0.1, -0.05) is 37.6 Å². The summed E-state index contributed by atoms with van der Waals surface area (Å²) in [6.07, 6.45) is 6.66. The molecule has 1 heterocycles. The first-order valence-corrected chi connectivity index (χ1v) is 8.16. The molecule has 2 nitrogen and oxygen atoms in total. The molecule has 3 rings (SSSR count). The zero-order valence-electron chi connectivity index (χ0n) is 12.8. The van der Waals surface area contributed by atoms with Crippen molar-refractivity contribution in [3.8, 4) is 0 Å². The van der Waals surface area contributed by atoms with Crippen LogP contribution >= 0.6 is 0 Å². The first-order valence-electron chi connectivity index (χ1n) is 8.16. The molecular formula is C18H27NO. The number of benzene rings is 1. The molecule has 1 aromatic rings. The van der Waals surface area contributed by atoms with Crippen LogP contribution in [0.25, 0.3) is 0 Å². The van der Waals surface area contributed by atoms with Gasteiger partial charge in [-0.2, -0.15) is 0 Å². The second-order valence-corrected chi connectivity index (χ2v) is 6.63. The van der Waals surface area contributed by atoms with Crippen molar-refractivity contribution in [1.29, 1.82) is 0 Å². The summed E-state index contributed by atoms with van der Waals surface area (Å²) in [5, 5.41) is 3.63. The van der Waals surface area contributed by atoms with Crippen molar-refractivity contribution in [2.24, 2.45) is 5.92 Å². The van der Waals surface area contributed by atoms with Crippen molar-refractivity contribution >= 4 is 0 Å². The van der Waals surface area contributed by atoms with Crippen molar-refractivity contribution < 1.29 is 4.74 Å². The van der Waals surface area contributed by atoms with E-state index in [1.807, 2.05) is 0 Å². The largest absolute Gasteiger partial charge is 0.364 e. The molecule has 2 heteroatoms. The summed E-state index contributed by atoms with van der Waals surface area (Å²) in [4.78, 5) is 0. The lowest BCUT2D eigenvalue weighted by Crippen LogP contribution is -2.52. The summed E-state index contributed by atoms with van der Waals surface area (Å²) >= 11 is 0. The minimum Gasteiger partial charge on any atom is -0.364 e. The Balaban J connectivity index is 1.72. The third-order valence-corrected chi connectivity index (χ3v) is 5.30. The van der Waals surface area contributed by atoms with Crippen LogP contribution in [-0.4, -0.2) is 18.7 Å². The molecule has 0 radical (unpaired) electrons. The number of rotatable bonds is 2. The molecule has 1 saturated carbocycles. The highest BCUT2D eigenvalue weighted by molar-refractivity contribution is 5.28. The van der Waals surface area contributed by atoms with Crippen LogP contribution in [0.2, 0.25) is 0 Å². The fourth-order valence-corrected chi connectivity index (χ4v) is 3.84. The average molecular weight is 273 g/mol. The molecule has 0 aromatic heterocycles. The number of aryl methyl sites for hydroxylation is 1. The monoisotopic (exact) mass is 273 g/mol. The molecule has 1 spiro atoms. The third-order valence-electron chi connectivity index (χ3n) is 5.30. The van der Waals surface area contributed by atoms with Crippen LogP contribution in [0, 0.1) is 12.8 Å². The standard InChI is InChI=1S/C18H27NO/c1-3-15-8-10-18(11-9-15)13-19-12-17(20-18)16-7-5-4-6-14(16)2/h4-7,15,17,19H,3,8-13H2,1-2H3. The minimum absolute atomic E-state index is 0.0941. The van der Waals surface area contributed by atoms with Gasteiger partial charge in [0.1, 0.15) is 0 Å². The van der Waals surface area contributed by atoms with Crippen molar-refractivity contribution in [2.45, 2.75) is 57.7 Å². The normalized spacial score (nSPS) is 34.3. The quantitative estimate of drug-likeness (QED) is 0.879. The predicted octanol–water partition coefficient (Wildman–Crippen LogP) is 3.99. The molecule has 1 unspecified atom stereocenters. The van der Waals surface area contributed by atoms with E-state index in [4.69, 9.17) is 4.74 Å². The lowest BCUT2D eigenvalue weighted by atomic mass is 9.76. The molecule has 1 aliphatic carbocycles. The highest BCUT2D eigenvalue weighted by Gasteiger charge is 2.40. The minimum atomic E-state index is 0.0941. The summed E-state index contributed by atoms with van der Waals surface area (Å²) in [6.45, 7) is 6.49. The van der Waals surface area contributed by atoms with Gasteiger partial charge in [0, 0.05) is 13.1 Å². The van der Waals surface area contributed by atoms with Gasteiger partial charge in [-0.25, -0.2) is 0 Å². The number of hydrogen-bond acceptors (Lipinski definition) is 2. The zero-order valence-corrected chi connectivity index (χ0v) is 12.8. The van der Waals surface area contributed by atoms with E-state index in [2.05, 4.69) is 43.4 Å². The molecule has 1 aliphatic heterocycles. The molecule has 2 aliphatic rings. The van der Waals surface area contributed by atoms with E-state index in [1.165, 1.54) is 43.2 Å². The van der Waals surface area contributed by atoms with Crippen LogP contribution < -0.4 is 5.32 Å². The zero-order chi connectivity index (χ0) is 14.0. The Morgan fingerprint density at radius 2 is 2.00 bits per heavy atom. The van der Waals surface area contributed by atoms with Crippen molar-refractivity contribution in [2.75, 3.05) is 13.1 Å². The molecule has 1 aromatic carbocycles. The number of hydrogen-bond donors (Lipinski definition) is 1. The highest BCUT2D eigenvalue weighted by atomic mass is 16.5. The van der Waals surface area contributed by atoms with Crippen molar-refractivity contribution in [1.82, 2.24) is 5.32 Å². The summed E-state index contributed by atoms with van der Waals surface area (Å²) in [5.74, 6) is 0.920. The SMILES string of the molecule is CCC1CCC2(CC1)CNCC(c1ccccc1C)O2. The van der Waals surface area contributed by atoms with E-state index in [1.54, 1.807) is 0 Å². The maximum absolute atomic E-state index is 6.61. The molecular weight excluding hydrogens is 246 g/mol. The molecule has 1 saturated heterocycles. The topological polar surface area (TPSA) is 21.3 Å². The number of morpholine rings is 1.